The lowest BCUT2D eigenvalue weighted by Gasteiger charge is -2.21. The molecule has 0 aliphatic carbocycles. The Bertz CT molecular complexity index is 857. The van der Waals surface area contributed by atoms with Gasteiger partial charge in [0.1, 0.15) is 0 Å². The molecule has 2 unspecified atom stereocenters. The third-order valence-corrected chi connectivity index (χ3v) is 5.75. The highest BCUT2D eigenvalue weighted by Gasteiger charge is 2.34. The molecule has 0 saturated carbocycles. The molecule has 0 bridgehead atoms. The summed E-state index contributed by atoms with van der Waals surface area (Å²) in [6.45, 7) is 3.12. The highest BCUT2D eigenvalue weighted by Crippen LogP contribution is 2.33. The van der Waals surface area contributed by atoms with E-state index in [0.717, 1.165) is 39.1 Å². The van der Waals surface area contributed by atoms with Crippen LogP contribution in [0, 0.1) is 11.8 Å². The van der Waals surface area contributed by atoms with E-state index in [4.69, 9.17) is 4.74 Å². The highest BCUT2D eigenvalue weighted by molar-refractivity contribution is 6.04. The first-order valence-corrected chi connectivity index (χ1v) is 9.44. The van der Waals surface area contributed by atoms with Crippen LogP contribution in [0.4, 0.5) is 0 Å². The Morgan fingerprint density at radius 2 is 1.59 bits per heavy atom. The van der Waals surface area contributed by atoms with Crippen LogP contribution in [0.1, 0.15) is 33.6 Å². The number of ether oxygens (including phenoxy) is 1. The number of carbonyl (C=O) groups is 2. The number of amides is 1. The molecule has 5 heteroatoms. The third kappa shape index (κ3) is 3.47. The first-order valence-electron chi connectivity index (χ1n) is 9.44. The fourth-order valence-electron chi connectivity index (χ4n) is 4.26. The van der Waals surface area contributed by atoms with Crippen molar-refractivity contribution in [2.24, 2.45) is 11.8 Å². The first kappa shape index (κ1) is 17.7. The van der Waals surface area contributed by atoms with E-state index in [9.17, 15) is 14.7 Å². The number of rotatable bonds is 4. The van der Waals surface area contributed by atoms with Crippen LogP contribution >= 0.6 is 0 Å². The van der Waals surface area contributed by atoms with Gasteiger partial charge in [-0.2, -0.15) is 0 Å². The molecular formula is C22H23NO4. The number of carboxylic acids is 1. The summed E-state index contributed by atoms with van der Waals surface area (Å²) in [7, 11) is 0. The number of hydrogen-bond acceptors (Lipinski definition) is 3. The number of carbonyl (C=O) groups excluding carboxylic acids is 1. The fourth-order valence-corrected chi connectivity index (χ4v) is 4.26. The van der Waals surface area contributed by atoms with E-state index in [-0.39, 0.29) is 11.5 Å². The zero-order chi connectivity index (χ0) is 18.8. The van der Waals surface area contributed by atoms with Crippen LogP contribution in [0.2, 0.25) is 0 Å². The summed E-state index contributed by atoms with van der Waals surface area (Å²) in [6.07, 6.45) is 2.09. The Morgan fingerprint density at radius 1 is 0.926 bits per heavy atom. The second-order valence-electron chi connectivity index (χ2n) is 7.32. The van der Waals surface area contributed by atoms with Gasteiger partial charge in [-0.15, -0.1) is 0 Å². The third-order valence-electron chi connectivity index (χ3n) is 5.75. The van der Waals surface area contributed by atoms with Crippen LogP contribution in [-0.2, 0) is 4.74 Å². The summed E-state index contributed by atoms with van der Waals surface area (Å²) in [6, 6.07) is 14.1. The van der Waals surface area contributed by atoms with Crippen molar-refractivity contribution in [1.29, 1.82) is 0 Å². The number of hydrogen-bond donors (Lipinski definition) is 1. The van der Waals surface area contributed by atoms with Crippen molar-refractivity contribution in [2.75, 3.05) is 26.3 Å². The molecular weight excluding hydrogens is 342 g/mol. The molecule has 140 valence electrons. The molecule has 4 rings (SSSR count). The quantitative estimate of drug-likeness (QED) is 0.900. The summed E-state index contributed by atoms with van der Waals surface area (Å²) in [4.78, 5) is 26.8. The van der Waals surface area contributed by atoms with Crippen LogP contribution < -0.4 is 0 Å². The van der Waals surface area contributed by atoms with Gasteiger partial charge in [0, 0.05) is 31.9 Å². The molecule has 2 atom stereocenters. The maximum atomic E-state index is 13.2. The average Bonchev–Trinajstić information content (AvgIpc) is 3.39. The Morgan fingerprint density at radius 3 is 2.26 bits per heavy atom. The molecule has 2 heterocycles. The largest absolute Gasteiger partial charge is 0.478 e. The van der Waals surface area contributed by atoms with Crippen LogP contribution in [0.5, 0.6) is 0 Å². The molecule has 2 aromatic carbocycles. The number of carboxylic acid groups (broad SMARTS) is 1. The van der Waals surface area contributed by atoms with Gasteiger partial charge in [-0.05, 0) is 47.9 Å². The summed E-state index contributed by atoms with van der Waals surface area (Å²) in [5.74, 6) is 0.0308. The van der Waals surface area contributed by atoms with Crippen molar-refractivity contribution in [3.8, 4) is 11.1 Å². The van der Waals surface area contributed by atoms with Crippen molar-refractivity contribution >= 4 is 11.9 Å². The van der Waals surface area contributed by atoms with Crippen molar-refractivity contribution in [3.05, 3.63) is 59.7 Å². The fraction of sp³-hybridized carbons (Fsp3) is 0.364. The summed E-state index contributed by atoms with van der Waals surface area (Å²) in [5.41, 5.74) is 2.02. The molecule has 0 spiro atoms. The first-order chi connectivity index (χ1) is 13.1. The maximum Gasteiger partial charge on any atom is 0.336 e. The van der Waals surface area contributed by atoms with E-state index in [2.05, 4.69) is 0 Å². The normalized spacial score (nSPS) is 22.1. The summed E-state index contributed by atoms with van der Waals surface area (Å²) in [5, 5.41) is 9.52. The molecule has 0 aromatic heterocycles. The Kier molecular flexibility index (Phi) is 4.94. The molecule has 2 saturated heterocycles. The predicted molar refractivity (Wildman–Crippen MR) is 102 cm³/mol. The smallest absolute Gasteiger partial charge is 0.336 e. The molecule has 27 heavy (non-hydrogen) atoms. The number of benzene rings is 2. The van der Waals surface area contributed by atoms with Gasteiger partial charge in [-0.25, -0.2) is 4.79 Å². The molecule has 0 radical (unpaired) electrons. The number of aromatic carboxylic acids is 1. The van der Waals surface area contributed by atoms with Crippen molar-refractivity contribution in [1.82, 2.24) is 4.90 Å². The van der Waals surface area contributed by atoms with E-state index in [1.807, 2.05) is 23.1 Å². The Labute approximate surface area is 158 Å². The van der Waals surface area contributed by atoms with E-state index in [1.165, 1.54) is 0 Å². The van der Waals surface area contributed by atoms with Crippen molar-refractivity contribution in [2.45, 2.75) is 12.8 Å². The lowest BCUT2D eigenvalue weighted by atomic mass is 9.91. The maximum absolute atomic E-state index is 13.2. The Balaban J connectivity index is 1.62. The van der Waals surface area contributed by atoms with Crippen molar-refractivity contribution < 1.29 is 19.4 Å². The highest BCUT2D eigenvalue weighted by atomic mass is 16.5. The monoisotopic (exact) mass is 365 g/mol. The standard InChI is InChI=1S/C22H23NO4/c24-21(23-11-9-15(13-23)16-10-12-27-14-16)19-7-3-1-5-17(19)18-6-2-4-8-20(18)22(25)26/h1-8,15-16H,9-14H2,(H,25,26). The van der Waals surface area contributed by atoms with Gasteiger partial charge < -0.3 is 14.7 Å². The minimum absolute atomic E-state index is 0.0211. The molecule has 1 amide bonds. The van der Waals surface area contributed by atoms with Gasteiger partial charge in [0.15, 0.2) is 0 Å². The summed E-state index contributed by atoms with van der Waals surface area (Å²) >= 11 is 0. The van der Waals surface area contributed by atoms with Gasteiger partial charge in [-0.3, -0.25) is 4.79 Å². The zero-order valence-corrected chi connectivity index (χ0v) is 15.1. The van der Waals surface area contributed by atoms with Crippen LogP contribution in [-0.4, -0.2) is 48.2 Å². The molecule has 5 nitrogen and oxygen atoms in total. The predicted octanol–water partition coefficient (Wildman–Crippen LogP) is 3.55. The van der Waals surface area contributed by atoms with Crippen LogP contribution in [0.25, 0.3) is 11.1 Å². The minimum atomic E-state index is -0.990. The van der Waals surface area contributed by atoms with Crippen LogP contribution in [0.15, 0.2) is 48.5 Å². The van der Waals surface area contributed by atoms with Gasteiger partial charge in [0.05, 0.1) is 5.56 Å². The Hall–Kier alpha value is -2.66. The minimum Gasteiger partial charge on any atom is -0.478 e. The second kappa shape index (κ2) is 7.53. The van der Waals surface area contributed by atoms with E-state index >= 15 is 0 Å². The van der Waals surface area contributed by atoms with Gasteiger partial charge in [-0.1, -0.05) is 36.4 Å². The number of likely N-dealkylation sites (tertiary alicyclic amines) is 1. The molecule has 1 N–H and O–H groups in total. The van der Waals surface area contributed by atoms with Crippen molar-refractivity contribution in [3.63, 3.8) is 0 Å². The topological polar surface area (TPSA) is 66.8 Å². The lowest BCUT2D eigenvalue weighted by Crippen LogP contribution is -2.30. The second-order valence-corrected chi connectivity index (χ2v) is 7.32. The van der Waals surface area contributed by atoms with E-state index in [1.54, 1.807) is 30.3 Å². The van der Waals surface area contributed by atoms with E-state index < -0.39 is 5.97 Å². The average molecular weight is 365 g/mol. The lowest BCUT2D eigenvalue weighted by molar-refractivity contribution is 0.0696. The molecule has 2 aliphatic rings. The molecule has 2 aliphatic heterocycles. The van der Waals surface area contributed by atoms with Gasteiger partial charge >= 0.3 is 5.97 Å². The van der Waals surface area contributed by atoms with Gasteiger partial charge in [0.2, 0.25) is 0 Å². The molecule has 2 aromatic rings. The van der Waals surface area contributed by atoms with Gasteiger partial charge in [0.25, 0.3) is 5.91 Å². The molecule has 2 fully saturated rings. The summed E-state index contributed by atoms with van der Waals surface area (Å²) < 4.78 is 5.50. The SMILES string of the molecule is O=C(O)c1ccccc1-c1ccccc1C(=O)N1CCC(C2CCOC2)C1. The van der Waals surface area contributed by atoms with Crippen LogP contribution in [0.3, 0.4) is 0 Å². The zero-order valence-electron chi connectivity index (χ0n) is 15.1. The van der Waals surface area contributed by atoms with E-state index in [0.29, 0.717) is 28.5 Å². The number of nitrogens with zero attached hydrogens (tertiary/aromatic N) is 1.